The first kappa shape index (κ1) is 11.5. The summed E-state index contributed by atoms with van der Waals surface area (Å²) in [6.07, 6.45) is 10.1. The van der Waals surface area contributed by atoms with E-state index in [1.807, 2.05) is 0 Å². The number of hydrogen-bond acceptors (Lipinski definition) is 2. The predicted octanol–water partition coefficient (Wildman–Crippen LogP) is 1.00. The quantitative estimate of drug-likeness (QED) is 0.568. The van der Waals surface area contributed by atoms with Gasteiger partial charge in [0.1, 0.15) is 0 Å². The van der Waals surface area contributed by atoms with Gasteiger partial charge in [-0.25, -0.2) is 0 Å². The first-order chi connectivity index (χ1) is 7.79. The molecule has 1 N–H and O–H groups in total. The Morgan fingerprint density at radius 3 is 3.19 bits per heavy atom. The van der Waals surface area contributed by atoms with E-state index < -0.39 is 0 Å². The number of carbonyl (C=O) groups excluding carboxylic acids is 1. The number of nitrogens with one attached hydrogen (secondary N) is 1. The van der Waals surface area contributed by atoms with Crippen LogP contribution in [0.2, 0.25) is 0 Å². The van der Waals surface area contributed by atoms with E-state index in [2.05, 4.69) is 16.1 Å². The van der Waals surface area contributed by atoms with E-state index in [4.69, 9.17) is 6.42 Å². The Morgan fingerprint density at radius 2 is 2.38 bits per heavy atom. The number of terminal acetylenes is 1. The maximum atomic E-state index is 11.3. The SMILES string of the molecule is C#CCCCN1CCC2NC(=O)CCC2C1. The summed E-state index contributed by atoms with van der Waals surface area (Å²) in [5, 5.41) is 3.11. The van der Waals surface area contributed by atoms with Crippen LogP contribution in [0, 0.1) is 18.3 Å². The van der Waals surface area contributed by atoms with Crippen LogP contribution < -0.4 is 5.32 Å². The number of rotatable bonds is 3. The normalized spacial score (nSPS) is 30.3. The molecule has 88 valence electrons. The van der Waals surface area contributed by atoms with Crippen LogP contribution in [0.3, 0.4) is 0 Å². The Labute approximate surface area is 97.6 Å². The van der Waals surface area contributed by atoms with Crippen LogP contribution in [-0.4, -0.2) is 36.5 Å². The standard InChI is InChI=1S/C13H20N2O/c1-2-3-4-8-15-9-7-12-11(10-15)5-6-13(16)14-12/h1,11-12H,3-10H2,(H,14,16). The van der Waals surface area contributed by atoms with Crippen molar-refractivity contribution in [1.29, 1.82) is 0 Å². The number of fused-ring (bicyclic) bond motifs is 1. The molecule has 0 bridgehead atoms. The second kappa shape index (κ2) is 5.36. The molecule has 0 spiro atoms. The molecule has 0 aliphatic carbocycles. The number of piperidine rings is 2. The van der Waals surface area contributed by atoms with Gasteiger partial charge in [-0.2, -0.15) is 0 Å². The molecule has 2 aliphatic rings. The lowest BCUT2D eigenvalue weighted by molar-refractivity contribution is -0.125. The van der Waals surface area contributed by atoms with Crippen LogP contribution in [0.1, 0.15) is 32.1 Å². The number of likely N-dealkylation sites (tertiary alicyclic amines) is 1. The van der Waals surface area contributed by atoms with Gasteiger partial charge in [0.05, 0.1) is 0 Å². The Bertz CT molecular complexity index is 295. The predicted molar refractivity (Wildman–Crippen MR) is 63.8 cm³/mol. The highest BCUT2D eigenvalue weighted by Gasteiger charge is 2.33. The molecular formula is C13H20N2O. The zero-order valence-electron chi connectivity index (χ0n) is 9.74. The summed E-state index contributed by atoms with van der Waals surface area (Å²) in [7, 11) is 0. The second-order valence-electron chi connectivity index (χ2n) is 4.87. The number of unbranched alkanes of at least 4 members (excludes halogenated alkanes) is 1. The highest BCUT2D eigenvalue weighted by atomic mass is 16.1. The maximum Gasteiger partial charge on any atom is 0.220 e. The van der Waals surface area contributed by atoms with E-state index in [-0.39, 0.29) is 5.91 Å². The fraction of sp³-hybridized carbons (Fsp3) is 0.769. The van der Waals surface area contributed by atoms with Crippen LogP contribution in [0.25, 0.3) is 0 Å². The van der Waals surface area contributed by atoms with Crippen molar-refractivity contribution in [3.8, 4) is 12.3 Å². The Morgan fingerprint density at radius 1 is 1.50 bits per heavy atom. The summed E-state index contributed by atoms with van der Waals surface area (Å²) < 4.78 is 0. The molecule has 2 unspecified atom stereocenters. The molecule has 0 aromatic rings. The van der Waals surface area contributed by atoms with Crippen molar-refractivity contribution < 1.29 is 4.79 Å². The molecule has 0 aromatic carbocycles. The first-order valence-corrected chi connectivity index (χ1v) is 6.25. The van der Waals surface area contributed by atoms with Crippen molar-refractivity contribution in [2.75, 3.05) is 19.6 Å². The van der Waals surface area contributed by atoms with Gasteiger partial charge in [-0.1, -0.05) is 0 Å². The summed E-state index contributed by atoms with van der Waals surface area (Å²) in [5.41, 5.74) is 0. The van der Waals surface area contributed by atoms with Gasteiger partial charge < -0.3 is 10.2 Å². The molecule has 3 nitrogen and oxygen atoms in total. The molecule has 16 heavy (non-hydrogen) atoms. The summed E-state index contributed by atoms with van der Waals surface area (Å²) in [5.74, 6) is 3.59. The van der Waals surface area contributed by atoms with Crippen LogP contribution in [0.5, 0.6) is 0 Å². The molecule has 1 amide bonds. The van der Waals surface area contributed by atoms with E-state index in [0.717, 1.165) is 45.3 Å². The van der Waals surface area contributed by atoms with Gasteiger partial charge in [-0.05, 0) is 31.7 Å². The number of amides is 1. The van der Waals surface area contributed by atoms with Crippen LogP contribution >= 0.6 is 0 Å². The lowest BCUT2D eigenvalue weighted by atomic mass is 9.85. The summed E-state index contributed by atoms with van der Waals surface area (Å²) in [6.45, 7) is 3.35. The molecule has 0 radical (unpaired) electrons. The molecule has 2 aliphatic heterocycles. The smallest absolute Gasteiger partial charge is 0.220 e. The van der Waals surface area contributed by atoms with Crippen LogP contribution in [0.4, 0.5) is 0 Å². The van der Waals surface area contributed by atoms with Crippen molar-refractivity contribution in [1.82, 2.24) is 10.2 Å². The first-order valence-electron chi connectivity index (χ1n) is 6.25. The molecule has 2 saturated heterocycles. The average Bonchev–Trinajstić information content (AvgIpc) is 2.29. The lowest BCUT2D eigenvalue weighted by Crippen LogP contribution is -2.54. The van der Waals surface area contributed by atoms with Crippen LogP contribution in [-0.2, 0) is 4.79 Å². The van der Waals surface area contributed by atoms with Crippen molar-refractivity contribution in [2.45, 2.75) is 38.1 Å². The topological polar surface area (TPSA) is 32.3 Å². The molecule has 2 heterocycles. The van der Waals surface area contributed by atoms with Gasteiger partial charge >= 0.3 is 0 Å². The van der Waals surface area contributed by atoms with E-state index in [0.29, 0.717) is 18.4 Å². The molecular weight excluding hydrogens is 200 g/mol. The number of carbonyl (C=O) groups is 1. The van der Waals surface area contributed by atoms with Crippen molar-refractivity contribution in [2.24, 2.45) is 5.92 Å². The molecule has 0 saturated carbocycles. The maximum absolute atomic E-state index is 11.3. The van der Waals surface area contributed by atoms with Gasteiger partial charge in [0.2, 0.25) is 5.91 Å². The zero-order valence-corrected chi connectivity index (χ0v) is 9.74. The summed E-state index contributed by atoms with van der Waals surface area (Å²) in [6, 6.07) is 0.435. The summed E-state index contributed by atoms with van der Waals surface area (Å²) >= 11 is 0. The fourth-order valence-corrected chi connectivity index (χ4v) is 2.79. The number of hydrogen-bond donors (Lipinski definition) is 1. The van der Waals surface area contributed by atoms with Gasteiger partial charge in [0.15, 0.2) is 0 Å². The Balaban J connectivity index is 1.77. The minimum absolute atomic E-state index is 0.238. The van der Waals surface area contributed by atoms with Gasteiger partial charge in [0.25, 0.3) is 0 Å². The number of nitrogens with zero attached hydrogens (tertiary/aromatic N) is 1. The minimum Gasteiger partial charge on any atom is -0.353 e. The van der Waals surface area contributed by atoms with E-state index in [1.165, 1.54) is 0 Å². The molecule has 0 aromatic heterocycles. The van der Waals surface area contributed by atoms with Gasteiger partial charge in [-0.3, -0.25) is 4.79 Å². The third-order valence-corrected chi connectivity index (χ3v) is 3.70. The molecule has 2 fully saturated rings. The van der Waals surface area contributed by atoms with Gasteiger partial charge in [0, 0.05) is 32.0 Å². The second-order valence-corrected chi connectivity index (χ2v) is 4.87. The van der Waals surface area contributed by atoms with Crippen molar-refractivity contribution in [3.05, 3.63) is 0 Å². The zero-order chi connectivity index (χ0) is 11.4. The van der Waals surface area contributed by atoms with E-state index in [9.17, 15) is 4.79 Å². The van der Waals surface area contributed by atoms with Crippen molar-refractivity contribution >= 4 is 5.91 Å². The highest BCUT2D eigenvalue weighted by molar-refractivity contribution is 5.77. The van der Waals surface area contributed by atoms with Crippen molar-refractivity contribution in [3.63, 3.8) is 0 Å². The van der Waals surface area contributed by atoms with E-state index in [1.54, 1.807) is 0 Å². The van der Waals surface area contributed by atoms with Gasteiger partial charge in [-0.15, -0.1) is 12.3 Å². The van der Waals surface area contributed by atoms with Crippen LogP contribution in [0.15, 0.2) is 0 Å². The van der Waals surface area contributed by atoms with E-state index >= 15 is 0 Å². The summed E-state index contributed by atoms with van der Waals surface area (Å²) in [4.78, 5) is 13.8. The lowest BCUT2D eigenvalue weighted by Gasteiger charge is -2.41. The largest absolute Gasteiger partial charge is 0.353 e. The monoisotopic (exact) mass is 220 g/mol. The third-order valence-electron chi connectivity index (χ3n) is 3.70. The molecule has 2 rings (SSSR count). The fourth-order valence-electron chi connectivity index (χ4n) is 2.79. The Hall–Kier alpha value is -1.01. The molecule has 2 atom stereocenters. The Kier molecular flexibility index (Phi) is 3.84. The minimum atomic E-state index is 0.238. The highest BCUT2D eigenvalue weighted by Crippen LogP contribution is 2.25. The third kappa shape index (κ3) is 2.76. The molecule has 3 heteroatoms. The average molecular weight is 220 g/mol.